The van der Waals surface area contributed by atoms with Crippen molar-refractivity contribution in [3.05, 3.63) is 59.2 Å². The number of amides is 3. The van der Waals surface area contributed by atoms with Crippen molar-refractivity contribution >= 4 is 23.4 Å². The molecule has 2 aromatic carbocycles. The Labute approximate surface area is 182 Å². The minimum atomic E-state index is -4.36. The van der Waals surface area contributed by atoms with Gasteiger partial charge in [0.25, 0.3) is 17.7 Å². The Hall–Kier alpha value is -3.36. The van der Waals surface area contributed by atoms with E-state index in [1.54, 1.807) is 24.3 Å². The number of fused-ring (bicyclic) bond motifs is 1. The average Bonchev–Trinajstić information content (AvgIpc) is 3.03. The van der Waals surface area contributed by atoms with E-state index in [0.717, 1.165) is 9.80 Å². The van der Waals surface area contributed by atoms with Gasteiger partial charge in [0.2, 0.25) is 0 Å². The van der Waals surface area contributed by atoms with E-state index in [2.05, 4.69) is 0 Å². The van der Waals surface area contributed by atoms with Crippen LogP contribution in [0.25, 0.3) is 0 Å². The lowest BCUT2D eigenvalue weighted by Crippen LogP contribution is -2.44. The van der Waals surface area contributed by atoms with E-state index in [1.165, 1.54) is 18.2 Å². The molecule has 2 aliphatic rings. The van der Waals surface area contributed by atoms with Crippen LogP contribution in [-0.2, 0) is 0 Å². The fourth-order valence-corrected chi connectivity index (χ4v) is 4.08. The molecule has 2 aliphatic heterocycles. The normalized spacial score (nSPS) is 18.7. The molecule has 1 fully saturated rings. The molecule has 32 heavy (non-hydrogen) atoms. The first kappa shape index (κ1) is 21.9. The summed E-state index contributed by atoms with van der Waals surface area (Å²) < 4.78 is 44.6. The molecule has 0 aliphatic carbocycles. The summed E-state index contributed by atoms with van der Waals surface area (Å²) in [5.74, 6) is -2.66. The van der Waals surface area contributed by atoms with Crippen LogP contribution < -0.4 is 9.64 Å². The van der Waals surface area contributed by atoms with Gasteiger partial charge in [-0.05, 0) is 62.2 Å². The van der Waals surface area contributed by atoms with Crippen molar-refractivity contribution in [2.75, 3.05) is 24.6 Å². The van der Waals surface area contributed by atoms with Gasteiger partial charge in [0.1, 0.15) is 5.75 Å². The largest absolute Gasteiger partial charge is 0.494 e. The summed E-state index contributed by atoms with van der Waals surface area (Å²) in [5, 5.41) is 0. The van der Waals surface area contributed by atoms with Crippen LogP contribution in [0.4, 0.5) is 18.9 Å². The van der Waals surface area contributed by atoms with E-state index in [1.807, 2.05) is 6.92 Å². The summed E-state index contributed by atoms with van der Waals surface area (Å²) in [6.07, 6.45) is -4.12. The zero-order valence-corrected chi connectivity index (χ0v) is 17.3. The van der Waals surface area contributed by atoms with Crippen molar-refractivity contribution in [3.63, 3.8) is 0 Å². The SMILES string of the molecule is CCOc1ccc(N2C(=O)c3ccc(C(=O)N4CCCC(C(F)(F)F)C4)cc3C2=O)cc1. The highest BCUT2D eigenvalue weighted by Crippen LogP contribution is 2.34. The van der Waals surface area contributed by atoms with E-state index < -0.39 is 36.4 Å². The molecule has 0 N–H and O–H groups in total. The third-order valence-electron chi connectivity index (χ3n) is 5.71. The molecular weight excluding hydrogens is 425 g/mol. The summed E-state index contributed by atoms with van der Waals surface area (Å²) in [6.45, 7) is 2.12. The molecule has 2 aromatic rings. The monoisotopic (exact) mass is 446 g/mol. The fraction of sp³-hybridized carbons (Fsp3) is 0.348. The Morgan fingerprint density at radius 3 is 2.41 bits per heavy atom. The van der Waals surface area contributed by atoms with Crippen LogP contribution in [0.3, 0.4) is 0 Å². The molecule has 9 heteroatoms. The number of carbonyl (C=O) groups excluding carboxylic acids is 3. The topological polar surface area (TPSA) is 66.9 Å². The molecule has 0 radical (unpaired) electrons. The van der Waals surface area contributed by atoms with Gasteiger partial charge in [-0.25, -0.2) is 4.90 Å². The lowest BCUT2D eigenvalue weighted by molar-refractivity contribution is -0.184. The number of benzene rings is 2. The van der Waals surface area contributed by atoms with Gasteiger partial charge in [0.05, 0.1) is 29.3 Å². The van der Waals surface area contributed by atoms with Crippen LogP contribution in [-0.4, -0.2) is 48.5 Å². The maximum Gasteiger partial charge on any atom is 0.393 e. The van der Waals surface area contributed by atoms with Crippen LogP contribution in [0.5, 0.6) is 5.75 Å². The first-order chi connectivity index (χ1) is 15.2. The molecule has 0 bridgehead atoms. The first-order valence-electron chi connectivity index (χ1n) is 10.3. The molecule has 3 amide bonds. The molecule has 6 nitrogen and oxygen atoms in total. The van der Waals surface area contributed by atoms with Crippen LogP contribution in [0.1, 0.15) is 50.8 Å². The lowest BCUT2D eigenvalue weighted by Gasteiger charge is -2.33. The molecule has 4 rings (SSSR count). The number of anilines is 1. The van der Waals surface area contributed by atoms with Crippen LogP contribution in [0.2, 0.25) is 0 Å². The number of hydrogen-bond donors (Lipinski definition) is 0. The van der Waals surface area contributed by atoms with Crippen LogP contribution in [0, 0.1) is 5.92 Å². The summed E-state index contributed by atoms with van der Waals surface area (Å²) in [5.41, 5.74) is 0.643. The van der Waals surface area contributed by atoms with E-state index >= 15 is 0 Å². The second-order valence-corrected chi connectivity index (χ2v) is 7.76. The highest BCUT2D eigenvalue weighted by Gasteiger charge is 2.43. The second kappa shape index (κ2) is 8.29. The Bertz CT molecular complexity index is 1070. The number of likely N-dealkylation sites (tertiary alicyclic amines) is 1. The minimum absolute atomic E-state index is 0.0124. The number of halogens is 3. The Balaban J connectivity index is 1.57. The van der Waals surface area contributed by atoms with Gasteiger partial charge in [-0.1, -0.05) is 0 Å². The number of piperidine rings is 1. The summed E-state index contributed by atoms with van der Waals surface area (Å²) in [6, 6.07) is 10.5. The number of nitrogens with zero attached hydrogens (tertiary/aromatic N) is 2. The van der Waals surface area contributed by atoms with E-state index in [4.69, 9.17) is 4.74 Å². The third kappa shape index (κ3) is 3.94. The summed E-state index contributed by atoms with van der Waals surface area (Å²) in [7, 11) is 0. The van der Waals surface area contributed by atoms with Crippen molar-refractivity contribution in [1.29, 1.82) is 0 Å². The maximum atomic E-state index is 13.1. The number of imide groups is 1. The van der Waals surface area contributed by atoms with Crippen molar-refractivity contribution in [2.24, 2.45) is 5.92 Å². The zero-order chi connectivity index (χ0) is 23.0. The van der Waals surface area contributed by atoms with Crippen molar-refractivity contribution in [3.8, 4) is 5.75 Å². The molecular formula is C23H21F3N2O4. The molecule has 1 unspecified atom stereocenters. The standard InChI is InChI=1S/C23H21F3N2O4/c1-2-32-17-8-6-16(7-9-17)28-21(30)18-10-5-14(12-19(18)22(28)31)20(29)27-11-3-4-15(13-27)23(24,25)26/h5-10,12,15H,2-4,11,13H2,1H3. The minimum Gasteiger partial charge on any atom is -0.494 e. The van der Waals surface area contributed by atoms with Gasteiger partial charge >= 0.3 is 6.18 Å². The molecule has 0 spiro atoms. The molecule has 1 saturated heterocycles. The van der Waals surface area contributed by atoms with Gasteiger partial charge in [0, 0.05) is 18.7 Å². The van der Waals surface area contributed by atoms with Gasteiger partial charge in [0.15, 0.2) is 0 Å². The van der Waals surface area contributed by atoms with Crippen molar-refractivity contribution in [2.45, 2.75) is 25.9 Å². The third-order valence-corrected chi connectivity index (χ3v) is 5.71. The van der Waals surface area contributed by atoms with Crippen molar-refractivity contribution in [1.82, 2.24) is 4.90 Å². The van der Waals surface area contributed by atoms with E-state index in [-0.39, 0.29) is 36.1 Å². The average molecular weight is 446 g/mol. The van der Waals surface area contributed by atoms with Gasteiger partial charge in [-0.15, -0.1) is 0 Å². The molecule has 168 valence electrons. The predicted molar refractivity (Wildman–Crippen MR) is 110 cm³/mol. The smallest absolute Gasteiger partial charge is 0.393 e. The second-order valence-electron chi connectivity index (χ2n) is 7.76. The predicted octanol–water partition coefficient (Wildman–Crippen LogP) is 4.30. The van der Waals surface area contributed by atoms with E-state index in [9.17, 15) is 27.6 Å². The molecule has 2 heterocycles. The van der Waals surface area contributed by atoms with Crippen LogP contribution >= 0.6 is 0 Å². The molecule has 1 atom stereocenters. The number of ether oxygens (including phenoxy) is 1. The lowest BCUT2D eigenvalue weighted by atomic mass is 9.96. The van der Waals surface area contributed by atoms with E-state index in [0.29, 0.717) is 18.0 Å². The summed E-state index contributed by atoms with van der Waals surface area (Å²) in [4.78, 5) is 40.8. The Kier molecular flexibility index (Phi) is 5.66. The number of alkyl halides is 3. The Morgan fingerprint density at radius 2 is 1.75 bits per heavy atom. The Morgan fingerprint density at radius 1 is 1.06 bits per heavy atom. The van der Waals surface area contributed by atoms with Gasteiger partial charge < -0.3 is 9.64 Å². The quantitative estimate of drug-likeness (QED) is 0.657. The summed E-state index contributed by atoms with van der Waals surface area (Å²) >= 11 is 0. The molecule has 0 aromatic heterocycles. The zero-order valence-electron chi connectivity index (χ0n) is 17.3. The van der Waals surface area contributed by atoms with Crippen LogP contribution in [0.15, 0.2) is 42.5 Å². The van der Waals surface area contributed by atoms with Crippen molar-refractivity contribution < 1.29 is 32.3 Å². The van der Waals surface area contributed by atoms with Gasteiger partial charge in [-0.2, -0.15) is 13.2 Å². The molecule has 0 saturated carbocycles. The number of hydrogen-bond acceptors (Lipinski definition) is 4. The highest BCUT2D eigenvalue weighted by molar-refractivity contribution is 6.34. The van der Waals surface area contributed by atoms with Gasteiger partial charge in [-0.3, -0.25) is 14.4 Å². The number of rotatable bonds is 4. The maximum absolute atomic E-state index is 13.1. The number of carbonyl (C=O) groups is 3. The highest BCUT2D eigenvalue weighted by atomic mass is 19.4. The fourth-order valence-electron chi connectivity index (χ4n) is 4.08. The first-order valence-corrected chi connectivity index (χ1v) is 10.3.